The highest BCUT2D eigenvalue weighted by atomic mass is 19.1. The molecule has 0 aliphatic carbocycles. The summed E-state index contributed by atoms with van der Waals surface area (Å²) < 4.78 is 13.8. The van der Waals surface area contributed by atoms with Gasteiger partial charge in [-0.1, -0.05) is 32.0 Å². The Balaban J connectivity index is 2.47. The quantitative estimate of drug-likeness (QED) is 0.728. The van der Waals surface area contributed by atoms with Gasteiger partial charge in [-0.3, -0.25) is 4.90 Å². The van der Waals surface area contributed by atoms with E-state index in [1.807, 2.05) is 12.1 Å². The van der Waals surface area contributed by atoms with Gasteiger partial charge in [-0.15, -0.1) is 0 Å². The Hall–Kier alpha value is -0.930. The van der Waals surface area contributed by atoms with Crippen molar-refractivity contribution in [3.63, 3.8) is 0 Å². The molecular formula is C17H29FN2. The van der Waals surface area contributed by atoms with Crippen LogP contribution in [-0.2, 0) is 0 Å². The average molecular weight is 280 g/mol. The van der Waals surface area contributed by atoms with Gasteiger partial charge in [0, 0.05) is 24.2 Å². The van der Waals surface area contributed by atoms with Gasteiger partial charge in [0.2, 0.25) is 0 Å². The van der Waals surface area contributed by atoms with Gasteiger partial charge >= 0.3 is 0 Å². The van der Waals surface area contributed by atoms with E-state index in [0.717, 1.165) is 24.6 Å². The van der Waals surface area contributed by atoms with Crippen molar-refractivity contribution >= 4 is 0 Å². The van der Waals surface area contributed by atoms with E-state index in [9.17, 15) is 4.39 Å². The standard InChI is InChI=1S/C17H29FN2/c1-13(2)10-11-19-12-14(3)20(5)15(4)16-8-6-7-9-17(16)18/h6-9,13-15,19H,10-12H2,1-5H3. The van der Waals surface area contributed by atoms with E-state index in [0.29, 0.717) is 6.04 Å². The topological polar surface area (TPSA) is 15.3 Å². The van der Waals surface area contributed by atoms with Crippen molar-refractivity contribution in [3.05, 3.63) is 35.6 Å². The Morgan fingerprint density at radius 1 is 1.15 bits per heavy atom. The smallest absolute Gasteiger partial charge is 0.127 e. The monoisotopic (exact) mass is 280 g/mol. The Morgan fingerprint density at radius 2 is 1.80 bits per heavy atom. The van der Waals surface area contributed by atoms with Gasteiger partial charge in [0.05, 0.1) is 0 Å². The minimum atomic E-state index is -0.119. The maximum Gasteiger partial charge on any atom is 0.127 e. The normalized spacial score (nSPS) is 14.8. The lowest BCUT2D eigenvalue weighted by atomic mass is 10.1. The van der Waals surface area contributed by atoms with Gasteiger partial charge < -0.3 is 5.32 Å². The van der Waals surface area contributed by atoms with Crippen molar-refractivity contribution in [2.75, 3.05) is 20.1 Å². The summed E-state index contributed by atoms with van der Waals surface area (Å²) in [5.41, 5.74) is 0.768. The van der Waals surface area contributed by atoms with Crippen LogP contribution in [0.2, 0.25) is 0 Å². The Bertz CT molecular complexity index is 392. The molecule has 1 aromatic rings. The first kappa shape index (κ1) is 17.1. The molecule has 1 N–H and O–H groups in total. The fourth-order valence-electron chi connectivity index (χ4n) is 2.26. The van der Waals surface area contributed by atoms with Crippen molar-refractivity contribution in [2.24, 2.45) is 5.92 Å². The number of nitrogens with zero attached hydrogens (tertiary/aromatic N) is 1. The maximum absolute atomic E-state index is 13.8. The van der Waals surface area contributed by atoms with Crippen LogP contribution in [0.25, 0.3) is 0 Å². The SMILES string of the molecule is CC(C)CCNCC(C)N(C)C(C)c1ccccc1F. The summed E-state index contributed by atoms with van der Waals surface area (Å²) in [5.74, 6) is 0.611. The van der Waals surface area contributed by atoms with Gasteiger partial charge in [0.25, 0.3) is 0 Å². The van der Waals surface area contributed by atoms with Crippen LogP contribution in [0.4, 0.5) is 4.39 Å². The summed E-state index contributed by atoms with van der Waals surface area (Å²) in [6.07, 6.45) is 1.19. The molecule has 0 fully saturated rings. The Kier molecular flexibility index (Phi) is 7.17. The molecule has 3 heteroatoms. The first-order chi connectivity index (χ1) is 9.43. The molecule has 2 nitrogen and oxygen atoms in total. The number of likely N-dealkylation sites (N-methyl/N-ethyl adjacent to an activating group) is 1. The van der Waals surface area contributed by atoms with E-state index < -0.39 is 0 Å². The molecule has 0 saturated heterocycles. The minimum Gasteiger partial charge on any atom is -0.315 e. The average Bonchev–Trinajstić information content (AvgIpc) is 2.42. The first-order valence-electron chi connectivity index (χ1n) is 7.60. The number of hydrogen-bond acceptors (Lipinski definition) is 2. The van der Waals surface area contributed by atoms with Crippen LogP contribution in [0.1, 0.15) is 45.7 Å². The fourth-order valence-corrected chi connectivity index (χ4v) is 2.26. The molecule has 20 heavy (non-hydrogen) atoms. The van der Waals surface area contributed by atoms with Gasteiger partial charge in [0.1, 0.15) is 5.82 Å². The number of rotatable bonds is 8. The van der Waals surface area contributed by atoms with Crippen molar-refractivity contribution in [2.45, 2.75) is 46.2 Å². The molecule has 0 aliphatic heterocycles. The summed E-state index contributed by atoms with van der Waals surface area (Å²) in [5, 5.41) is 3.48. The van der Waals surface area contributed by atoms with Crippen LogP contribution in [0.15, 0.2) is 24.3 Å². The van der Waals surface area contributed by atoms with Crippen molar-refractivity contribution in [3.8, 4) is 0 Å². The predicted octanol–water partition coefficient (Wildman–Crippen LogP) is 3.84. The Morgan fingerprint density at radius 3 is 2.40 bits per heavy atom. The third-order valence-electron chi connectivity index (χ3n) is 4.00. The van der Waals surface area contributed by atoms with Crippen LogP contribution in [0.3, 0.4) is 0 Å². The minimum absolute atomic E-state index is 0.0816. The molecule has 0 radical (unpaired) electrons. The van der Waals surface area contributed by atoms with Crippen LogP contribution < -0.4 is 5.32 Å². The lowest BCUT2D eigenvalue weighted by Gasteiger charge is -2.31. The molecule has 0 spiro atoms. The molecule has 2 atom stereocenters. The third kappa shape index (κ3) is 5.22. The zero-order valence-electron chi connectivity index (χ0n) is 13.5. The van der Waals surface area contributed by atoms with Crippen LogP contribution >= 0.6 is 0 Å². The lowest BCUT2D eigenvalue weighted by molar-refractivity contribution is 0.189. The molecule has 0 aromatic heterocycles. The fraction of sp³-hybridized carbons (Fsp3) is 0.647. The number of halogens is 1. The highest BCUT2D eigenvalue weighted by molar-refractivity contribution is 5.20. The number of nitrogens with one attached hydrogen (secondary N) is 1. The second-order valence-corrected chi connectivity index (χ2v) is 6.10. The Labute approximate surface area is 123 Å². The molecule has 1 rings (SSSR count). The molecule has 0 bridgehead atoms. The third-order valence-corrected chi connectivity index (χ3v) is 4.00. The highest BCUT2D eigenvalue weighted by Crippen LogP contribution is 2.22. The molecule has 0 aliphatic rings. The summed E-state index contributed by atoms with van der Waals surface area (Å²) in [6, 6.07) is 7.49. The molecule has 114 valence electrons. The van der Waals surface area contributed by atoms with Crippen molar-refractivity contribution in [1.29, 1.82) is 0 Å². The van der Waals surface area contributed by atoms with Crippen molar-refractivity contribution < 1.29 is 4.39 Å². The summed E-state index contributed by atoms with van der Waals surface area (Å²) >= 11 is 0. The predicted molar refractivity (Wildman–Crippen MR) is 84.4 cm³/mol. The number of hydrogen-bond donors (Lipinski definition) is 1. The van der Waals surface area contributed by atoms with E-state index in [1.54, 1.807) is 6.07 Å². The van der Waals surface area contributed by atoms with E-state index in [-0.39, 0.29) is 11.9 Å². The van der Waals surface area contributed by atoms with Crippen LogP contribution in [0, 0.1) is 11.7 Å². The lowest BCUT2D eigenvalue weighted by Crippen LogP contribution is -2.39. The largest absolute Gasteiger partial charge is 0.315 e. The van der Waals surface area contributed by atoms with Crippen LogP contribution in [-0.4, -0.2) is 31.1 Å². The van der Waals surface area contributed by atoms with Gasteiger partial charge in [-0.05, 0) is 45.8 Å². The summed E-state index contributed by atoms with van der Waals surface area (Å²) in [6.45, 7) is 10.7. The summed E-state index contributed by atoms with van der Waals surface area (Å²) in [7, 11) is 2.06. The molecular weight excluding hydrogens is 251 g/mol. The van der Waals surface area contributed by atoms with E-state index in [2.05, 4.69) is 45.0 Å². The molecule has 2 unspecified atom stereocenters. The molecule has 0 heterocycles. The van der Waals surface area contributed by atoms with E-state index in [4.69, 9.17) is 0 Å². The zero-order chi connectivity index (χ0) is 15.1. The maximum atomic E-state index is 13.8. The second-order valence-electron chi connectivity index (χ2n) is 6.10. The second kappa shape index (κ2) is 8.38. The van der Waals surface area contributed by atoms with Crippen molar-refractivity contribution in [1.82, 2.24) is 10.2 Å². The van der Waals surface area contributed by atoms with E-state index in [1.165, 1.54) is 12.5 Å². The van der Waals surface area contributed by atoms with Gasteiger partial charge in [0.15, 0.2) is 0 Å². The van der Waals surface area contributed by atoms with Gasteiger partial charge in [-0.25, -0.2) is 4.39 Å². The van der Waals surface area contributed by atoms with Gasteiger partial charge in [-0.2, -0.15) is 0 Å². The molecule has 0 amide bonds. The molecule has 0 saturated carbocycles. The van der Waals surface area contributed by atoms with E-state index >= 15 is 0 Å². The zero-order valence-corrected chi connectivity index (χ0v) is 13.5. The summed E-state index contributed by atoms with van der Waals surface area (Å²) in [4.78, 5) is 2.22. The highest BCUT2D eigenvalue weighted by Gasteiger charge is 2.19. The van der Waals surface area contributed by atoms with Crippen LogP contribution in [0.5, 0.6) is 0 Å². The first-order valence-corrected chi connectivity index (χ1v) is 7.60. The number of benzene rings is 1. The molecule has 1 aromatic carbocycles.